The van der Waals surface area contributed by atoms with E-state index in [2.05, 4.69) is 25.3 Å². The van der Waals surface area contributed by atoms with Gasteiger partial charge in [0.1, 0.15) is 5.52 Å². The first kappa shape index (κ1) is 13.5. The van der Waals surface area contributed by atoms with Gasteiger partial charge in [-0.05, 0) is 12.5 Å². The number of aromatic nitrogens is 4. The molecule has 3 aromatic rings. The third-order valence-electron chi connectivity index (χ3n) is 2.94. The van der Waals surface area contributed by atoms with Gasteiger partial charge in [-0.1, -0.05) is 41.4 Å². The highest BCUT2D eigenvalue weighted by Gasteiger charge is 2.11. The first-order chi connectivity index (χ1) is 10.1. The number of aryl methyl sites for hydroxylation is 1. The van der Waals surface area contributed by atoms with Gasteiger partial charge in [-0.25, -0.2) is 4.98 Å². The standard InChI is InChI=1S/C14H12ClN5O/c1-8-3-2-4-9(5-8)6-10(21)18-14-19-12(15)11-13(20-14)17-7-16-11/h2-5,7H,6H2,1H3,(H2,16,17,18,19,20,21). The highest BCUT2D eigenvalue weighted by atomic mass is 35.5. The van der Waals surface area contributed by atoms with Crippen LogP contribution in [0, 0.1) is 6.92 Å². The third-order valence-corrected chi connectivity index (χ3v) is 3.21. The molecule has 0 spiro atoms. The normalized spacial score (nSPS) is 10.8. The number of imidazole rings is 1. The van der Waals surface area contributed by atoms with Crippen LogP contribution in [0.5, 0.6) is 0 Å². The Kier molecular flexibility index (Phi) is 3.53. The smallest absolute Gasteiger partial charge is 0.233 e. The number of hydrogen-bond donors (Lipinski definition) is 2. The summed E-state index contributed by atoms with van der Waals surface area (Å²) in [5.74, 6) is -0.0520. The van der Waals surface area contributed by atoms with Gasteiger partial charge in [-0.3, -0.25) is 10.1 Å². The lowest BCUT2D eigenvalue weighted by molar-refractivity contribution is -0.115. The minimum atomic E-state index is -0.202. The van der Waals surface area contributed by atoms with Crippen molar-refractivity contribution in [3.05, 3.63) is 46.9 Å². The van der Waals surface area contributed by atoms with Gasteiger partial charge in [0, 0.05) is 0 Å². The summed E-state index contributed by atoms with van der Waals surface area (Å²) in [5.41, 5.74) is 3.01. The van der Waals surface area contributed by atoms with Gasteiger partial charge in [0.15, 0.2) is 10.8 Å². The minimum absolute atomic E-state index is 0.150. The molecule has 0 saturated heterocycles. The molecule has 0 bridgehead atoms. The van der Waals surface area contributed by atoms with Crippen LogP contribution in [0.3, 0.4) is 0 Å². The van der Waals surface area contributed by atoms with Crippen molar-refractivity contribution in [2.45, 2.75) is 13.3 Å². The number of amides is 1. The predicted molar refractivity (Wildman–Crippen MR) is 80.2 cm³/mol. The van der Waals surface area contributed by atoms with E-state index in [0.717, 1.165) is 11.1 Å². The Labute approximate surface area is 125 Å². The van der Waals surface area contributed by atoms with Crippen LogP contribution in [0.2, 0.25) is 5.15 Å². The molecule has 1 amide bonds. The van der Waals surface area contributed by atoms with Gasteiger partial charge in [-0.2, -0.15) is 9.97 Å². The van der Waals surface area contributed by atoms with Crippen molar-refractivity contribution in [3.8, 4) is 0 Å². The Bertz CT molecular complexity index is 814. The minimum Gasteiger partial charge on any atom is -0.341 e. The van der Waals surface area contributed by atoms with E-state index in [4.69, 9.17) is 11.6 Å². The molecule has 0 unspecified atom stereocenters. The molecule has 7 heteroatoms. The molecule has 0 aliphatic heterocycles. The first-order valence-corrected chi connectivity index (χ1v) is 6.71. The molecule has 6 nitrogen and oxygen atoms in total. The summed E-state index contributed by atoms with van der Waals surface area (Å²) in [6.07, 6.45) is 1.73. The summed E-state index contributed by atoms with van der Waals surface area (Å²) in [4.78, 5) is 27.0. The maximum Gasteiger partial charge on any atom is 0.233 e. The van der Waals surface area contributed by atoms with Gasteiger partial charge >= 0.3 is 0 Å². The number of fused-ring (bicyclic) bond motifs is 1. The van der Waals surface area contributed by atoms with E-state index < -0.39 is 0 Å². The molecule has 106 valence electrons. The average molecular weight is 302 g/mol. The van der Waals surface area contributed by atoms with Gasteiger partial charge < -0.3 is 4.98 Å². The number of nitrogens with zero attached hydrogens (tertiary/aromatic N) is 3. The second-order valence-electron chi connectivity index (χ2n) is 4.65. The molecular formula is C14H12ClN5O. The number of rotatable bonds is 3. The summed E-state index contributed by atoms with van der Waals surface area (Å²) in [6, 6.07) is 7.76. The predicted octanol–water partition coefficient (Wildman–Crippen LogP) is 2.50. The van der Waals surface area contributed by atoms with Crippen molar-refractivity contribution in [1.29, 1.82) is 0 Å². The molecular weight excluding hydrogens is 290 g/mol. The van der Waals surface area contributed by atoms with Crippen LogP contribution in [0.1, 0.15) is 11.1 Å². The quantitative estimate of drug-likeness (QED) is 0.728. The Hall–Kier alpha value is -2.47. The third kappa shape index (κ3) is 3.00. The molecule has 21 heavy (non-hydrogen) atoms. The van der Waals surface area contributed by atoms with E-state index in [1.165, 1.54) is 6.33 Å². The van der Waals surface area contributed by atoms with Crippen LogP contribution < -0.4 is 5.32 Å². The van der Waals surface area contributed by atoms with Gasteiger partial charge in [0.25, 0.3) is 0 Å². The Morgan fingerprint density at radius 3 is 3.05 bits per heavy atom. The lowest BCUT2D eigenvalue weighted by Gasteiger charge is -2.05. The molecule has 0 aliphatic rings. The number of benzene rings is 1. The number of halogens is 1. The SMILES string of the molecule is Cc1cccc(CC(=O)Nc2nc(Cl)c3[nH]cnc3n2)c1. The zero-order valence-electron chi connectivity index (χ0n) is 11.2. The van der Waals surface area contributed by atoms with Crippen molar-refractivity contribution in [2.24, 2.45) is 0 Å². The van der Waals surface area contributed by atoms with Crippen LogP contribution in [0.25, 0.3) is 11.2 Å². The van der Waals surface area contributed by atoms with E-state index >= 15 is 0 Å². The fraction of sp³-hybridized carbons (Fsp3) is 0.143. The van der Waals surface area contributed by atoms with Gasteiger partial charge in [0.2, 0.25) is 11.9 Å². The number of nitrogens with one attached hydrogen (secondary N) is 2. The molecule has 2 N–H and O–H groups in total. The second kappa shape index (κ2) is 5.49. The Morgan fingerprint density at radius 1 is 1.38 bits per heavy atom. The fourth-order valence-electron chi connectivity index (χ4n) is 2.03. The maximum atomic E-state index is 12.0. The summed E-state index contributed by atoms with van der Waals surface area (Å²) >= 11 is 5.99. The number of carbonyl (C=O) groups excluding carboxylic acids is 1. The van der Waals surface area contributed by atoms with E-state index in [1.807, 2.05) is 31.2 Å². The lowest BCUT2D eigenvalue weighted by atomic mass is 10.1. The summed E-state index contributed by atoms with van der Waals surface area (Å²) in [7, 11) is 0. The number of anilines is 1. The van der Waals surface area contributed by atoms with Crippen molar-refractivity contribution >= 4 is 34.6 Å². The van der Waals surface area contributed by atoms with E-state index in [-0.39, 0.29) is 23.4 Å². The first-order valence-electron chi connectivity index (χ1n) is 6.34. The van der Waals surface area contributed by atoms with E-state index in [0.29, 0.717) is 11.2 Å². The van der Waals surface area contributed by atoms with Crippen LogP contribution in [0.15, 0.2) is 30.6 Å². The van der Waals surface area contributed by atoms with E-state index in [9.17, 15) is 4.79 Å². The highest BCUT2D eigenvalue weighted by molar-refractivity contribution is 6.33. The monoisotopic (exact) mass is 301 g/mol. The van der Waals surface area contributed by atoms with Gasteiger partial charge in [0.05, 0.1) is 12.7 Å². The topological polar surface area (TPSA) is 83.6 Å². The summed E-state index contributed by atoms with van der Waals surface area (Å²) < 4.78 is 0. The summed E-state index contributed by atoms with van der Waals surface area (Å²) in [6.45, 7) is 1.98. The zero-order chi connectivity index (χ0) is 14.8. The molecule has 1 aromatic carbocycles. The maximum absolute atomic E-state index is 12.0. The van der Waals surface area contributed by atoms with Crippen LogP contribution in [0.4, 0.5) is 5.95 Å². The highest BCUT2D eigenvalue weighted by Crippen LogP contribution is 2.18. The molecule has 0 radical (unpaired) electrons. The van der Waals surface area contributed by atoms with Crippen molar-refractivity contribution in [1.82, 2.24) is 19.9 Å². The van der Waals surface area contributed by atoms with Crippen LogP contribution >= 0.6 is 11.6 Å². The molecule has 0 fully saturated rings. The Balaban J connectivity index is 1.77. The largest absolute Gasteiger partial charge is 0.341 e. The second-order valence-corrected chi connectivity index (χ2v) is 5.01. The molecule has 0 aliphatic carbocycles. The number of aromatic amines is 1. The summed E-state index contributed by atoms with van der Waals surface area (Å²) in [5, 5.41) is 2.86. The van der Waals surface area contributed by atoms with Crippen LogP contribution in [-0.4, -0.2) is 25.8 Å². The molecule has 2 aromatic heterocycles. The number of carbonyl (C=O) groups is 1. The lowest BCUT2D eigenvalue weighted by Crippen LogP contribution is -2.16. The number of H-pyrrole nitrogens is 1. The number of hydrogen-bond acceptors (Lipinski definition) is 4. The van der Waals surface area contributed by atoms with Crippen molar-refractivity contribution in [3.63, 3.8) is 0 Å². The van der Waals surface area contributed by atoms with E-state index in [1.54, 1.807) is 0 Å². The van der Waals surface area contributed by atoms with Crippen molar-refractivity contribution in [2.75, 3.05) is 5.32 Å². The average Bonchev–Trinajstić information content (AvgIpc) is 2.87. The fourth-order valence-corrected chi connectivity index (χ4v) is 2.25. The van der Waals surface area contributed by atoms with Crippen molar-refractivity contribution < 1.29 is 4.79 Å². The molecule has 0 saturated carbocycles. The molecule has 3 rings (SSSR count). The molecule has 0 atom stereocenters. The zero-order valence-corrected chi connectivity index (χ0v) is 12.0. The van der Waals surface area contributed by atoms with Crippen LogP contribution in [-0.2, 0) is 11.2 Å². The molecule has 2 heterocycles. The van der Waals surface area contributed by atoms with Gasteiger partial charge in [-0.15, -0.1) is 0 Å². The Morgan fingerprint density at radius 2 is 2.24 bits per heavy atom.